The molecule has 14 heavy (non-hydrogen) atoms. The van der Waals surface area contributed by atoms with E-state index in [2.05, 4.69) is 4.18 Å². The van der Waals surface area contributed by atoms with E-state index in [0.29, 0.717) is 5.56 Å². The van der Waals surface area contributed by atoms with E-state index in [-0.39, 0.29) is 12.2 Å². The van der Waals surface area contributed by atoms with Crippen LogP contribution in [0.4, 0.5) is 4.39 Å². The summed E-state index contributed by atoms with van der Waals surface area (Å²) in [5, 5.41) is 8.42. The molecule has 0 saturated carbocycles. The molecule has 1 atom stereocenters. The smallest absolute Gasteiger partial charge is 0.284 e. The Balaban J connectivity index is 2.77. The van der Waals surface area contributed by atoms with E-state index in [9.17, 15) is 8.60 Å². The summed E-state index contributed by atoms with van der Waals surface area (Å²) in [4.78, 5) is 0. The van der Waals surface area contributed by atoms with Gasteiger partial charge in [0, 0.05) is 0 Å². The molecule has 0 fully saturated rings. The van der Waals surface area contributed by atoms with E-state index in [4.69, 9.17) is 9.81 Å². The van der Waals surface area contributed by atoms with E-state index < -0.39 is 17.2 Å². The van der Waals surface area contributed by atoms with Gasteiger partial charge in [0.2, 0.25) is 0 Å². The lowest BCUT2D eigenvalue weighted by Crippen LogP contribution is -1.97. The van der Waals surface area contributed by atoms with E-state index in [1.807, 2.05) is 0 Å². The van der Waals surface area contributed by atoms with Gasteiger partial charge in [-0.1, -0.05) is 6.07 Å². The molecule has 0 aliphatic rings. The zero-order valence-corrected chi connectivity index (χ0v) is 7.75. The molecule has 0 bridgehead atoms. The molecule has 0 aliphatic carbocycles. The van der Waals surface area contributed by atoms with Crippen LogP contribution in [0, 0.1) is 17.1 Å². The summed E-state index contributed by atoms with van der Waals surface area (Å²) in [5.74, 6) is -0.669. The number of rotatable bonds is 3. The SMILES string of the molecule is N#Cc1ccc(COS(=O)O)cc1F. The summed E-state index contributed by atoms with van der Waals surface area (Å²) in [5.41, 5.74) is 0.322. The van der Waals surface area contributed by atoms with Crippen LogP contribution in [-0.2, 0) is 22.2 Å². The molecule has 0 spiro atoms. The molecule has 1 aromatic carbocycles. The quantitative estimate of drug-likeness (QED) is 0.772. The average Bonchev–Trinajstić information content (AvgIpc) is 2.15. The van der Waals surface area contributed by atoms with Crippen LogP contribution in [0.5, 0.6) is 0 Å². The van der Waals surface area contributed by atoms with Crippen LogP contribution in [0.2, 0.25) is 0 Å². The van der Waals surface area contributed by atoms with Crippen molar-refractivity contribution in [1.82, 2.24) is 0 Å². The largest absolute Gasteiger partial charge is 0.302 e. The molecular weight excluding hydrogens is 209 g/mol. The van der Waals surface area contributed by atoms with Crippen molar-refractivity contribution in [2.24, 2.45) is 0 Å². The Morgan fingerprint density at radius 1 is 1.64 bits per heavy atom. The first kappa shape index (κ1) is 10.8. The minimum Gasteiger partial charge on any atom is -0.284 e. The van der Waals surface area contributed by atoms with Gasteiger partial charge in [-0.25, -0.2) is 4.39 Å². The fourth-order valence-corrected chi connectivity index (χ4v) is 1.09. The standard InChI is InChI=1S/C8H6FNO3S/c9-8-3-6(5-13-14(11)12)1-2-7(8)4-10/h1-3H,5H2,(H,11,12). The van der Waals surface area contributed by atoms with Gasteiger partial charge in [-0.2, -0.15) is 9.47 Å². The Hall–Kier alpha value is -1.29. The van der Waals surface area contributed by atoms with Gasteiger partial charge < -0.3 is 0 Å². The lowest BCUT2D eigenvalue weighted by atomic mass is 10.1. The van der Waals surface area contributed by atoms with Crippen molar-refractivity contribution in [3.63, 3.8) is 0 Å². The number of nitrogens with zero attached hydrogens (tertiary/aromatic N) is 1. The van der Waals surface area contributed by atoms with Crippen LogP contribution in [0.3, 0.4) is 0 Å². The highest BCUT2D eigenvalue weighted by atomic mass is 32.2. The van der Waals surface area contributed by atoms with Crippen molar-refractivity contribution in [3.05, 3.63) is 35.1 Å². The number of halogens is 1. The second-order valence-electron chi connectivity index (χ2n) is 2.41. The van der Waals surface area contributed by atoms with E-state index in [1.54, 1.807) is 6.07 Å². The molecule has 74 valence electrons. The summed E-state index contributed by atoms with van der Waals surface area (Å²) < 4.78 is 35.7. The first-order chi connectivity index (χ1) is 6.63. The molecule has 0 amide bonds. The van der Waals surface area contributed by atoms with Crippen LogP contribution in [0.1, 0.15) is 11.1 Å². The molecule has 0 radical (unpaired) electrons. The van der Waals surface area contributed by atoms with Gasteiger partial charge in [0.05, 0.1) is 12.2 Å². The molecule has 0 aliphatic heterocycles. The summed E-state index contributed by atoms with van der Waals surface area (Å²) in [6.45, 7) is -0.175. The highest BCUT2D eigenvalue weighted by Crippen LogP contribution is 2.10. The third-order valence-corrected chi connectivity index (χ3v) is 1.80. The molecule has 1 rings (SSSR count). The van der Waals surface area contributed by atoms with Gasteiger partial charge in [0.1, 0.15) is 11.9 Å². The molecule has 1 N–H and O–H groups in total. The number of hydrogen-bond acceptors (Lipinski definition) is 3. The third kappa shape index (κ3) is 2.88. The zero-order valence-electron chi connectivity index (χ0n) is 6.94. The van der Waals surface area contributed by atoms with Gasteiger partial charge in [0.25, 0.3) is 0 Å². The van der Waals surface area contributed by atoms with Crippen LogP contribution in [0.25, 0.3) is 0 Å². The Morgan fingerprint density at radius 2 is 2.36 bits per heavy atom. The van der Waals surface area contributed by atoms with Crippen molar-refractivity contribution in [3.8, 4) is 6.07 Å². The van der Waals surface area contributed by atoms with Crippen molar-refractivity contribution < 1.29 is 17.3 Å². The van der Waals surface area contributed by atoms with E-state index in [1.165, 1.54) is 12.1 Å². The first-order valence-corrected chi connectivity index (χ1v) is 4.59. The molecule has 1 unspecified atom stereocenters. The van der Waals surface area contributed by atoms with Gasteiger partial charge in [0.15, 0.2) is 0 Å². The van der Waals surface area contributed by atoms with Crippen molar-refractivity contribution in [2.45, 2.75) is 6.61 Å². The second-order valence-corrected chi connectivity index (χ2v) is 3.08. The van der Waals surface area contributed by atoms with Gasteiger partial charge >= 0.3 is 11.4 Å². The van der Waals surface area contributed by atoms with Crippen LogP contribution in [-0.4, -0.2) is 8.76 Å². The van der Waals surface area contributed by atoms with E-state index >= 15 is 0 Å². The van der Waals surface area contributed by atoms with Gasteiger partial charge in [-0.15, -0.1) is 0 Å². The normalized spacial score (nSPS) is 12.1. The lowest BCUT2D eigenvalue weighted by molar-refractivity contribution is 0.296. The Kier molecular flexibility index (Phi) is 3.71. The maximum atomic E-state index is 13.0. The molecule has 0 saturated heterocycles. The van der Waals surface area contributed by atoms with Crippen LogP contribution < -0.4 is 0 Å². The number of benzene rings is 1. The molecule has 1 aromatic rings. The average molecular weight is 215 g/mol. The third-order valence-electron chi connectivity index (χ3n) is 1.48. The fraction of sp³-hybridized carbons (Fsp3) is 0.125. The summed E-state index contributed by atoms with van der Waals surface area (Å²) in [6.07, 6.45) is 0. The van der Waals surface area contributed by atoms with Gasteiger partial charge in [-0.05, 0) is 17.7 Å². The maximum Gasteiger partial charge on any atom is 0.302 e. The topological polar surface area (TPSA) is 70.3 Å². The predicted molar refractivity (Wildman–Crippen MR) is 46.7 cm³/mol. The predicted octanol–water partition coefficient (Wildman–Crippen LogP) is 1.35. The molecular formula is C8H6FNO3S. The summed E-state index contributed by atoms with van der Waals surface area (Å²) >= 11 is -2.37. The molecule has 0 aromatic heterocycles. The minimum absolute atomic E-state index is 0.0705. The van der Waals surface area contributed by atoms with Gasteiger partial charge in [-0.3, -0.25) is 8.74 Å². The summed E-state index contributed by atoms with van der Waals surface area (Å²) in [7, 11) is 0. The number of nitriles is 1. The highest BCUT2D eigenvalue weighted by molar-refractivity contribution is 7.74. The monoisotopic (exact) mass is 215 g/mol. The van der Waals surface area contributed by atoms with Crippen molar-refractivity contribution in [2.75, 3.05) is 0 Å². The van der Waals surface area contributed by atoms with Crippen LogP contribution >= 0.6 is 0 Å². The number of hydrogen-bond donors (Lipinski definition) is 1. The Morgan fingerprint density at radius 3 is 2.86 bits per heavy atom. The highest BCUT2D eigenvalue weighted by Gasteiger charge is 2.03. The molecule has 4 nitrogen and oxygen atoms in total. The second kappa shape index (κ2) is 4.81. The fourth-order valence-electron chi connectivity index (χ4n) is 0.858. The lowest BCUT2D eigenvalue weighted by Gasteiger charge is -2.00. The minimum atomic E-state index is -2.37. The molecule has 0 heterocycles. The van der Waals surface area contributed by atoms with E-state index in [0.717, 1.165) is 6.07 Å². The maximum absolute atomic E-state index is 13.0. The Labute approximate surface area is 82.4 Å². The Bertz CT molecular complexity index is 402. The van der Waals surface area contributed by atoms with Crippen molar-refractivity contribution in [1.29, 1.82) is 5.26 Å². The molecule has 6 heteroatoms. The first-order valence-electron chi connectivity index (χ1n) is 3.56. The van der Waals surface area contributed by atoms with Crippen LogP contribution in [0.15, 0.2) is 18.2 Å². The van der Waals surface area contributed by atoms with Crippen molar-refractivity contribution >= 4 is 11.4 Å². The summed E-state index contributed by atoms with van der Waals surface area (Å²) in [6, 6.07) is 5.49. The zero-order chi connectivity index (χ0) is 10.6.